The van der Waals surface area contributed by atoms with Crippen LogP contribution in [0, 0.1) is 0 Å². The van der Waals surface area contributed by atoms with Gasteiger partial charge in [-0.25, -0.2) is 9.97 Å². The Bertz CT molecular complexity index is 1220. The third kappa shape index (κ3) is 5.24. The Morgan fingerprint density at radius 1 is 1.12 bits per heavy atom. The summed E-state index contributed by atoms with van der Waals surface area (Å²) in [6, 6.07) is 17.4. The summed E-state index contributed by atoms with van der Waals surface area (Å²) in [4.78, 5) is 23.1. The molecule has 0 saturated heterocycles. The number of anilines is 2. The van der Waals surface area contributed by atoms with Crippen molar-refractivity contribution in [3.05, 3.63) is 77.1 Å². The zero-order valence-corrected chi connectivity index (χ0v) is 19.2. The highest BCUT2D eigenvalue weighted by atomic mass is 32.2. The number of methoxy groups -OCH3 is 1. The largest absolute Gasteiger partial charge is 0.495 e. The second-order valence-electron chi connectivity index (χ2n) is 6.68. The minimum absolute atomic E-state index is 0.133. The number of hydrogen-bond donors (Lipinski definition) is 1. The topological polar surface area (TPSA) is 84.0 Å². The van der Waals surface area contributed by atoms with E-state index in [9.17, 15) is 4.79 Å². The lowest BCUT2D eigenvalue weighted by molar-refractivity contribution is -0.115. The first-order valence-electron chi connectivity index (χ1n) is 9.80. The first-order chi connectivity index (χ1) is 15.6. The Hall–Kier alpha value is -3.43. The van der Waals surface area contributed by atoms with Crippen molar-refractivity contribution in [2.75, 3.05) is 12.0 Å². The molecule has 0 aliphatic rings. The number of rotatable bonds is 8. The number of carbonyl (C=O) groups excluding carboxylic acids is 1. The molecule has 4 rings (SSSR count). The van der Waals surface area contributed by atoms with Crippen LogP contribution in [0.5, 0.6) is 5.75 Å². The molecule has 0 bridgehead atoms. The van der Waals surface area contributed by atoms with E-state index < -0.39 is 0 Å². The van der Waals surface area contributed by atoms with Crippen LogP contribution < -0.4 is 9.64 Å². The number of H-pyrrole nitrogens is 1. The van der Waals surface area contributed by atoms with Gasteiger partial charge >= 0.3 is 0 Å². The third-order valence-electron chi connectivity index (χ3n) is 4.44. The summed E-state index contributed by atoms with van der Waals surface area (Å²) in [6.45, 7) is 1.51. The number of hydrogen-bond acceptors (Lipinski definition) is 7. The van der Waals surface area contributed by atoms with Gasteiger partial charge in [0.1, 0.15) is 11.6 Å². The molecule has 2 heterocycles. The van der Waals surface area contributed by atoms with Gasteiger partial charge in [-0.1, -0.05) is 60.3 Å². The van der Waals surface area contributed by atoms with Crippen LogP contribution in [0.15, 0.2) is 65.1 Å². The minimum atomic E-state index is -0.133. The van der Waals surface area contributed by atoms with E-state index in [1.807, 2.05) is 72.1 Å². The molecule has 2 aromatic carbocycles. The van der Waals surface area contributed by atoms with Crippen LogP contribution in [0.3, 0.4) is 0 Å². The van der Waals surface area contributed by atoms with E-state index in [1.165, 1.54) is 30.0 Å². The second kappa shape index (κ2) is 10.3. The van der Waals surface area contributed by atoms with Crippen molar-refractivity contribution in [3.63, 3.8) is 0 Å². The van der Waals surface area contributed by atoms with Crippen LogP contribution in [0.2, 0.25) is 0 Å². The lowest BCUT2D eigenvalue weighted by Crippen LogP contribution is -2.23. The number of nitrogens with zero attached hydrogens (tertiary/aromatic N) is 4. The predicted molar refractivity (Wildman–Crippen MR) is 129 cm³/mol. The van der Waals surface area contributed by atoms with Gasteiger partial charge in [-0.05, 0) is 23.8 Å². The zero-order valence-electron chi connectivity index (χ0n) is 17.6. The highest BCUT2D eigenvalue weighted by Crippen LogP contribution is 2.36. The Morgan fingerprint density at radius 2 is 1.91 bits per heavy atom. The number of nitrogens with one attached hydrogen (secondary N) is 1. The molecule has 0 fully saturated rings. The fourth-order valence-electron chi connectivity index (χ4n) is 2.96. The van der Waals surface area contributed by atoms with Crippen molar-refractivity contribution in [2.24, 2.45) is 0 Å². The zero-order chi connectivity index (χ0) is 22.3. The Labute approximate surface area is 194 Å². The van der Waals surface area contributed by atoms with E-state index >= 15 is 0 Å². The number of aromatic nitrogens is 4. The van der Waals surface area contributed by atoms with Crippen LogP contribution >= 0.6 is 23.1 Å². The van der Waals surface area contributed by atoms with Gasteiger partial charge in [-0.2, -0.15) is 0 Å². The quantitative estimate of drug-likeness (QED) is 0.351. The third-order valence-corrected chi connectivity index (χ3v) is 6.19. The molecule has 2 aromatic heterocycles. The van der Waals surface area contributed by atoms with Gasteiger partial charge < -0.3 is 4.74 Å². The van der Waals surface area contributed by atoms with E-state index in [0.29, 0.717) is 33.3 Å². The number of thiazole rings is 1. The number of ether oxygens (including phenoxy) is 1. The summed E-state index contributed by atoms with van der Waals surface area (Å²) >= 11 is 2.89. The molecule has 1 amide bonds. The van der Waals surface area contributed by atoms with Crippen molar-refractivity contribution in [2.45, 2.75) is 17.8 Å². The molecule has 0 aliphatic heterocycles. The minimum Gasteiger partial charge on any atom is -0.495 e. The normalized spacial score (nSPS) is 11.1. The number of amides is 1. The standard InChI is InChI=1S/C23H21N5O2S2/c1-16(29)28(19-10-6-7-11-20(19)30-2)23-24-18(15-32-23)14-31-22-25-21(26-27-22)13-12-17-8-4-3-5-9-17/h3-13,15H,14H2,1-2H3,(H,25,26,27)/b13-12+. The maximum absolute atomic E-state index is 12.4. The smallest absolute Gasteiger partial charge is 0.230 e. The van der Waals surface area contributed by atoms with Gasteiger partial charge in [0.25, 0.3) is 0 Å². The average molecular weight is 464 g/mol. The van der Waals surface area contributed by atoms with Gasteiger partial charge in [0.05, 0.1) is 18.5 Å². The SMILES string of the molecule is COc1ccccc1N(C(C)=O)c1nc(CSc2n[nH]c(/C=C/c3ccccc3)n2)cs1. The van der Waals surface area contributed by atoms with Crippen molar-refractivity contribution < 1.29 is 9.53 Å². The van der Waals surface area contributed by atoms with E-state index in [1.54, 1.807) is 12.0 Å². The summed E-state index contributed by atoms with van der Waals surface area (Å²) in [5, 5.41) is 10.4. The number of aromatic amines is 1. The summed E-state index contributed by atoms with van der Waals surface area (Å²) in [5.74, 6) is 1.76. The molecule has 4 aromatic rings. The van der Waals surface area contributed by atoms with Crippen molar-refractivity contribution in [1.29, 1.82) is 0 Å². The molecular formula is C23H21N5O2S2. The average Bonchev–Trinajstić information content (AvgIpc) is 3.47. The number of thioether (sulfide) groups is 1. The summed E-state index contributed by atoms with van der Waals surface area (Å²) in [7, 11) is 1.58. The Balaban J connectivity index is 1.43. The molecule has 7 nitrogen and oxygen atoms in total. The van der Waals surface area contributed by atoms with E-state index in [0.717, 1.165) is 11.3 Å². The summed E-state index contributed by atoms with van der Waals surface area (Å²) in [6.07, 6.45) is 3.88. The molecule has 0 unspecified atom stereocenters. The van der Waals surface area contributed by atoms with Crippen LogP contribution in [0.4, 0.5) is 10.8 Å². The molecule has 32 heavy (non-hydrogen) atoms. The van der Waals surface area contributed by atoms with Crippen LogP contribution in [0.25, 0.3) is 12.2 Å². The Kier molecular flexibility index (Phi) is 6.98. The fraction of sp³-hybridized carbons (Fsp3) is 0.130. The lowest BCUT2D eigenvalue weighted by atomic mass is 10.2. The molecule has 0 radical (unpaired) electrons. The van der Waals surface area contributed by atoms with Gasteiger partial charge in [0.2, 0.25) is 11.1 Å². The van der Waals surface area contributed by atoms with Gasteiger partial charge in [-0.15, -0.1) is 16.4 Å². The summed E-state index contributed by atoms with van der Waals surface area (Å²) < 4.78 is 5.41. The van der Waals surface area contributed by atoms with Gasteiger partial charge in [0, 0.05) is 18.1 Å². The molecule has 162 valence electrons. The molecule has 0 aliphatic carbocycles. The van der Waals surface area contributed by atoms with E-state index in [4.69, 9.17) is 4.74 Å². The van der Waals surface area contributed by atoms with Gasteiger partial charge in [-0.3, -0.25) is 14.8 Å². The number of carbonyl (C=O) groups is 1. The number of para-hydroxylation sites is 2. The molecule has 9 heteroatoms. The Morgan fingerprint density at radius 3 is 2.69 bits per heavy atom. The van der Waals surface area contributed by atoms with Crippen molar-refractivity contribution in [3.8, 4) is 5.75 Å². The molecule has 0 atom stereocenters. The summed E-state index contributed by atoms with van der Waals surface area (Å²) in [5.41, 5.74) is 2.61. The highest BCUT2D eigenvalue weighted by molar-refractivity contribution is 7.98. The molecule has 1 N–H and O–H groups in total. The first kappa shape index (κ1) is 21.8. The lowest BCUT2D eigenvalue weighted by Gasteiger charge is -2.20. The first-order valence-corrected chi connectivity index (χ1v) is 11.7. The highest BCUT2D eigenvalue weighted by Gasteiger charge is 2.21. The van der Waals surface area contributed by atoms with Crippen LogP contribution in [-0.4, -0.2) is 33.2 Å². The van der Waals surface area contributed by atoms with E-state index in [2.05, 4.69) is 20.2 Å². The predicted octanol–water partition coefficient (Wildman–Crippen LogP) is 5.42. The molecule has 0 saturated carbocycles. The monoisotopic (exact) mass is 463 g/mol. The molecule has 0 spiro atoms. The van der Waals surface area contributed by atoms with Crippen molar-refractivity contribution in [1.82, 2.24) is 20.2 Å². The second-order valence-corrected chi connectivity index (χ2v) is 8.46. The van der Waals surface area contributed by atoms with Gasteiger partial charge in [0.15, 0.2) is 5.13 Å². The fourth-order valence-corrected chi connectivity index (χ4v) is 4.65. The number of benzene rings is 2. The molecular weight excluding hydrogens is 442 g/mol. The van der Waals surface area contributed by atoms with E-state index in [-0.39, 0.29) is 5.91 Å². The maximum Gasteiger partial charge on any atom is 0.230 e. The van der Waals surface area contributed by atoms with Crippen LogP contribution in [0.1, 0.15) is 24.0 Å². The van der Waals surface area contributed by atoms with Crippen LogP contribution in [-0.2, 0) is 10.5 Å². The van der Waals surface area contributed by atoms with Crippen molar-refractivity contribution >= 4 is 52.0 Å². The maximum atomic E-state index is 12.4.